The molecule has 0 aromatic rings. The van der Waals surface area contributed by atoms with Crippen molar-refractivity contribution in [2.24, 2.45) is 11.3 Å². The molecule has 0 spiro atoms. The minimum Gasteiger partial charge on any atom is -0.481 e. The molecule has 0 aliphatic heterocycles. The second kappa shape index (κ2) is 6.21. The molecule has 1 rings (SSSR count). The molecule has 0 saturated heterocycles. The highest BCUT2D eigenvalue weighted by molar-refractivity contribution is 5.83. The maximum atomic E-state index is 12.3. The molecule has 1 fully saturated rings. The predicted octanol–water partition coefficient (Wildman–Crippen LogP) is 2.57. The predicted molar refractivity (Wildman–Crippen MR) is 70.2 cm³/mol. The summed E-state index contributed by atoms with van der Waals surface area (Å²) in [5.41, 5.74) is -0.302. The van der Waals surface area contributed by atoms with Crippen LogP contribution in [-0.2, 0) is 9.59 Å². The molecule has 0 aromatic carbocycles. The van der Waals surface area contributed by atoms with Gasteiger partial charge in [-0.1, -0.05) is 40.0 Å². The molecule has 0 radical (unpaired) electrons. The standard InChI is InChI=1S/C14H25NO3/c1-10(2)11(9-12(16)17)15-13(18)14(3)7-5-4-6-8-14/h10-11H,4-9H2,1-3H3,(H,15,18)(H,16,17). The van der Waals surface area contributed by atoms with Crippen LogP contribution in [0, 0.1) is 11.3 Å². The lowest BCUT2D eigenvalue weighted by Gasteiger charge is -2.34. The highest BCUT2D eigenvalue weighted by atomic mass is 16.4. The molecule has 0 bridgehead atoms. The van der Waals surface area contributed by atoms with Crippen LogP contribution in [0.1, 0.15) is 59.3 Å². The number of aliphatic carboxylic acids is 1. The third-order valence-electron chi connectivity index (χ3n) is 4.02. The van der Waals surface area contributed by atoms with Crippen LogP contribution in [0.15, 0.2) is 0 Å². The van der Waals surface area contributed by atoms with E-state index >= 15 is 0 Å². The van der Waals surface area contributed by atoms with Gasteiger partial charge in [-0.15, -0.1) is 0 Å². The average molecular weight is 255 g/mol. The molecular formula is C14H25NO3. The number of carbonyl (C=O) groups excluding carboxylic acids is 1. The van der Waals surface area contributed by atoms with Crippen molar-refractivity contribution < 1.29 is 14.7 Å². The van der Waals surface area contributed by atoms with Crippen molar-refractivity contribution in [3.8, 4) is 0 Å². The Morgan fingerprint density at radius 3 is 2.22 bits per heavy atom. The Morgan fingerprint density at radius 1 is 1.22 bits per heavy atom. The van der Waals surface area contributed by atoms with Crippen molar-refractivity contribution in [1.29, 1.82) is 0 Å². The minimum atomic E-state index is -0.859. The second-order valence-electron chi connectivity index (χ2n) is 6.04. The SMILES string of the molecule is CC(C)C(CC(=O)O)NC(=O)C1(C)CCCCC1. The van der Waals surface area contributed by atoms with E-state index in [0.29, 0.717) is 0 Å². The summed E-state index contributed by atoms with van der Waals surface area (Å²) in [6.07, 6.45) is 5.21. The summed E-state index contributed by atoms with van der Waals surface area (Å²) in [6.45, 7) is 5.88. The molecule has 1 atom stereocenters. The van der Waals surface area contributed by atoms with Crippen molar-refractivity contribution in [3.05, 3.63) is 0 Å². The zero-order chi connectivity index (χ0) is 13.8. The maximum Gasteiger partial charge on any atom is 0.305 e. The van der Waals surface area contributed by atoms with Gasteiger partial charge in [0, 0.05) is 11.5 Å². The summed E-state index contributed by atoms with van der Waals surface area (Å²) in [6, 6.07) is -0.270. The number of carboxylic acid groups (broad SMARTS) is 1. The van der Waals surface area contributed by atoms with E-state index in [0.717, 1.165) is 25.7 Å². The van der Waals surface area contributed by atoms with Gasteiger partial charge < -0.3 is 10.4 Å². The highest BCUT2D eigenvalue weighted by Crippen LogP contribution is 2.36. The fourth-order valence-electron chi connectivity index (χ4n) is 2.54. The van der Waals surface area contributed by atoms with Crippen molar-refractivity contribution in [3.63, 3.8) is 0 Å². The van der Waals surface area contributed by atoms with Gasteiger partial charge in [0.05, 0.1) is 6.42 Å². The minimum absolute atomic E-state index is 0.000509. The number of carbonyl (C=O) groups is 2. The summed E-state index contributed by atoms with van der Waals surface area (Å²) in [4.78, 5) is 23.1. The smallest absolute Gasteiger partial charge is 0.305 e. The normalized spacial score (nSPS) is 20.4. The van der Waals surface area contributed by atoms with Crippen LogP contribution in [0.5, 0.6) is 0 Å². The highest BCUT2D eigenvalue weighted by Gasteiger charge is 2.36. The van der Waals surface area contributed by atoms with E-state index < -0.39 is 5.97 Å². The Balaban J connectivity index is 2.62. The molecule has 1 amide bonds. The second-order valence-corrected chi connectivity index (χ2v) is 6.04. The molecular weight excluding hydrogens is 230 g/mol. The molecule has 104 valence electrons. The molecule has 2 N–H and O–H groups in total. The topological polar surface area (TPSA) is 66.4 Å². The molecule has 1 unspecified atom stereocenters. The number of carboxylic acids is 1. The number of nitrogens with one attached hydrogen (secondary N) is 1. The van der Waals surface area contributed by atoms with E-state index in [1.54, 1.807) is 0 Å². The van der Waals surface area contributed by atoms with E-state index in [1.165, 1.54) is 6.42 Å². The molecule has 0 aromatic heterocycles. The van der Waals surface area contributed by atoms with Gasteiger partial charge in [-0.3, -0.25) is 9.59 Å². The lowest BCUT2D eigenvalue weighted by Crippen LogP contribution is -2.47. The first kappa shape index (κ1) is 15.0. The van der Waals surface area contributed by atoms with E-state index in [-0.39, 0.29) is 29.7 Å². The quantitative estimate of drug-likeness (QED) is 0.793. The number of rotatable bonds is 5. The lowest BCUT2D eigenvalue weighted by molar-refractivity contribution is -0.139. The molecule has 1 aliphatic rings. The Hall–Kier alpha value is -1.06. The zero-order valence-corrected chi connectivity index (χ0v) is 11.7. The van der Waals surface area contributed by atoms with Gasteiger partial charge in [0.15, 0.2) is 0 Å². The Morgan fingerprint density at radius 2 is 1.78 bits per heavy atom. The molecule has 0 heterocycles. The maximum absolute atomic E-state index is 12.3. The average Bonchev–Trinajstić information content (AvgIpc) is 2.28. The number of hydrogen-bond acceptors (Lipinski definition) is 2. The van der Waals surface area contributed by atoms with Gasteiger partial charge in [0.1, 0.15) is 0 Å². The summed E-state index contributed by atoms with van der Waals surface area (Å²) < 4.78 is 0. The van der Waals surface area contributed by atoms with Crippen LogP contribution >= 0.6 is 0 Å². The molecule has 18 heavy (non-hydrogen) atoms. The third-order valence-corrected chi connectivity index (χ3v) is 4.02. The first-order valence-corrected chi connectivity index (χ1v) is 6.88. The van der Waals surface area contributed by atoms with Crippen LogP contribution in [0.3, 0.4) is 0 Å². The summed E-state index contributed by atoms with van der Waals surface area (Å²) >= 11 is 0. The van der Waals surface area contributed by atoms with Crippen molar-refractivity contribution in [2.75, 3.05) is 0 Å². The van der Waals surface area contributed by atoms with Crippen LogP contribution in [0.4, 0.5) is 0 Å². The third kappa shape index (κ3) is 4.00. The Labute approximate surface area is 109 Å². The summed E-state index contributed by atoms with van der Waals surface area (Å²) in [7, 11) is 0. The van der Waals surface area contributed by atoms with Gasteiger partial charge in [-0.2, -0.15) is 0 Å². The molecule has 4 heteroatoms. The van der Waals surface area contributed by atoms with E-state index in [2.05, 4.69) is 5.32 Å². The number of amides is 1. The fraction of sp³-hybridized carbons (Fsp3) is 0.857. The van der Waals surface area contributed by atoms with Crippen LogP contribution in [-0.4, -0.2) is 23.0 Å². The monoisotopic (exact) mass is 255 g/mol. The summed E-state index contributed by atoms with van der Waals surface area (Å²) in [5, 5.41) is 11.8. The first-order valence-electron chi connectivity index (χ1n) is 6.88. The van der Waals surface area contributed by atoms with Crippen LogP contribution in [0.25, 0.3) is 0 Å². The first-order chi connectivity index (χ1) is 8.35. The van der Waals surface area contributed by atoms with Crippen molar-refractivity contribution in [1.82, 2.24) is 5.32 Å². The van der Waals surface area contributed by atoms with Gasteiger partial charge in [-0.05, 0) is 18.8 Å². The fourth-order valence-corrected chi connectivity index (χ4v) is 2.54. The van der Waals surface area contributed by atoms with Gasteiger partial charge in [0.25, 0.3) is 0 Å². The number of hydrogen-bond donors (Lipinski definition) is 2. The summed E-state index contributed by atoms with van der Waals surface area (Å²) in [5.74, 6) is -0.692. The van der Waals surface area contributed by atoms with E-state index in [9.17, 15) is 9.59 Å². The van der Waals surface area contributed by atoms with E-state index in [1.807, 2.05) is 20.8 Å². The van der Waals surface area contributed by atoms with Crippen LogP contribution in [0.2, 0.25) is 0 Å². The molecule has 1 saturated carbocycles. The molecule has 4 nitrogen and oxygen atoms in total. The zero-order valence-electron chi connectivity index (χ0n) is 11.7. The Kier molecular flexibility index (Phi) is 5.17. The van der Waals surface area contributed by atoms with E-state index in [4.69, 9.17) is 5.11 Å². The van der Waals surface area contributed by atoms with Gasteiger partial charge in [0.2, 0.25) is 5.91 Å². The van der Waals surface area contributed by atoms with Crippen molar-refractivity contribution in [2.45, 2.75) is 65.3 Å². The van der Waals surface area contributed by atoms with Gasteiger partial charge in [-0.25, -0.2) is 0 Å². The van der Waals surface area contributed by atoms with Gasteiger partial charge >= 0.3 is 5.97 Å². The molecule has 1 aliphatic carbocycles. The largest absolute Gasteiger partial charge is 0.481 e. The Bertz CT molecular complexity index is 306. The van der Waals surface area contributed by atoms with Crippen molar-refractivity contribution >= 4 is 11.9 Å². The lowest BCUT2D eigenvalue weighted by atomic mass is 9.75. The van der Waals surface area contributed by atoms with Crippen LogP contribution < -0.4 is 5.32 Å².